The van der Waals surface area contributed by atoms with E-state index in [-0.39, 0.29) is 11.9 Å². The summed E-state index contributed by atoms with van der Waals surface area (Å²) in [4.78, 5) is 12.4. The SMILES string of the molecule is Cc1ccc(C(=O)NC2CCCC(C)C2C)c(NN)c1. The highest BCUT2D eigenvalue weighted by Gasteiger charge is 2.28. The zero-order valence-corrected chi connectivity index (χ0v) is 12.6. The number of amides is 1. The third kappa shape index (κ3) is 3.12. The number of aryl methyl sites for hydroxylation is 1. The summed E-state index contributed by atoms with van der Waals surface area (Å²) in [7, 11) is 0. The second-order valence-corrected chi connectivity index (χ2v) is 6.04. The number of anilines is 1. The monoisotopic (exact) mass is 275 g/mol. The van der Waals surface area contributed by atoms with Gasteiger partial charge >= 0.3 is 0 Å². The highest BCUT2D eigenvalue weighted by molar-refractivity contribution is 5.99. The average molecular weight is 275 g/mol. The molecule has 0 heterocycles. The van der Waals surface area contributed by atoms with Gasteiger partial charge in [0.1, 0.15) is 0 Å². The lowest BCUT2D eigenvalue weighted by molar-refractivity contribution is 0.0892. The van der Waals surface area contributed by atoms with Crippen molar-refractivity contribution in [3.8, 4) is 0 Å². The van der Waals surface area contributed by atoms with Crippen LogP contribution in [-0.2, 0) is 0 Å². The smallest absolute Gasteiger partial charge is 0.253 e. The van der Waals surface area contributed by atoms with Gasteiger partial charge in [0.2, 0.25) is 0 Å². The van der Waals surface area contributed by atoms with Gasteiger partial charge in [0, 0.05) is 6.04 Å². The minimum absolute atomic E-state index is 0.0381. The van der Waals surface area contributed by atoms with Gasteiger partial charge in [-0.2, -0.15) is 0 Å². The molecule has 110 valence electrons. The predicted octanol–water partition coefficient (Wildman–Crippen LogP) is 2.84. The third-order valence-electron chi connectivity index (χ3n) is 4.60. The number of nitrogen functional groups attached to an aromatic ring is 1. The van der Waals surface area contributed by atoms with Gasteiger partial charge in [0.15, 0.2) is 0 Å². The van der Waals surface area contributed by atoms with Crippen molar-refractivity contribution in [2.24, 2.45) is 17.7 Å². The molecule has 1 saturated carbocycles. The summed E-state index contributed by atoms with van der Waals surface area (Å²) in [5.74, 6) is 6.66. The minimum Gasteiger partial charge on any atom is -0.349 e. The van der Waals surface area contributed by atoms with Crippen LogP contribution < -0.4 is 16.6 Å². The van der Waals surface area contributed by atoms with Gasteiger partial charge in [0.05, 0.1) is 11.3 Å². The van der Waals surface area contributed by atoms with Crippen molar-refractivity contribution in [1.82, 2.24) is 5.32 Å². The topological polar surface area (TPSA) is 67.2 Å². The van der Waals surface area contributed by atoms with Crippen LogP contribution in [-0.4, -0.2) is 11.9 Å². The standard InChI is InChI=1S/C16H25N3O/c1-10-7-8-13(15(9-10)19-17)16(20)18-14-6-4-5-11(2)12(14)3/h7-9,11-12,14,19H,4-6,17H2,1-3H3,(H,18,20). The normalized spacial score (nSPS) is 26.1. The molecule has 0 spiro atoms. The molecule has 20 heavy (non-hydrogen) atoms. The van der Waals surface area contributed by atoms with E-state index in [0.29, 0.717) is 23.1 Å². The number of carbonyl (C=O) groups is 1. The number of hydrazine groups is 1. The molecule has 0 radical (unpaired) electrons. The fraction of sp³-hybridized carbons (Fsp3) is 0.562. The summed E-state index contributed by atoms with van der Waals surface area (Å²) in [6.07, 6.45) is 3.51. The van der Waals surface area contributed by atoms with E-state index in [0.717, 1.165) is 12.0 Å². The van der Waals surface area contributed by atoms with Gasteiger partial charge in [-0.25, -0.2) is 0 Å². The maximum absolute atomic E-state index is 12.4. The second-order valence-electron chi connectivity index (χ2n) is 6.04. The van der Waals surface area contributed by atoms with Crippen LogP contribution in [0.5, 0.6) is 0 Å². The molecule has 2 rings (SSSR count). The Bertz CT molecular complexity index is 487. The van der Waals surface area contributed by atoms with E-state index in [9.17, 15) is 4.79 Å². The lowest BCUT2D eigenvalue weighted by Crippen LogP contribution is -2.43. The Morgan fingerprint density at radius 1 is 1.30 bits per heavy atom. The summed E-state index contributed by atoms with van der Waals surface area (Å²) in [5.41, 5.74) is 4.99. The van der Waals surface area contributed by atoms with Crippen molar-refractivity contribution in [3.63, 3.8) is 0 Å². The number of benzene rings is 1. The van der Waals surface area contributed by atoms with Gasteiger partial charge in [0.25, 0.3) is 5.91 Å². The number of hydrogen-bond acceptors (Lipinski definition) is 3. The minimum atomic E-state index is -0.0381. The largest absolute Gasteiger partial charge is 0.349 e. The van der Waals surface area contributed by atoms with E-state index in [2.05, 4.69) is 24.6 Å². The summed E-state index contributed by atoms with van der Waals surface area (Å²) >= 11 is 0. The lowest BCUT2D eigenvalue weighted by Gasteiger charge is -2.34. The van der Waals surface area contributed by atoms with E-state index in [4.69, 9.17) is 5.84 Å². The van der Waals surface area contributed by atoms with Crippen molar-refractivity contribution in [1.29, 1.82) is 0 Å². The first-order valence-corrected chi connectivity index (χ1v) is 7.41. The molecule has 1 fully saturated rings. The molecule has 0 aliphatic heterocycles. The maximum Gasteiger partial charge on any atom is 0.253 e. The Morgan fingerprint density at radius 3 is 2.75 bits per heavy atom. The number of hydrogen-bond donors (Lipinski definition) is 3. The van der Waals surface area contributed by atoms with Crippen LogP contribution in [0.2, 0.25) is 0 Å². The van der Waals surface area contributed by atoms with Gasteiger partial charge in [-0.3, -0.25) is 10.6 Å². The number of rotatable bonds is 3. The molecule has 1 aromatic carbocycles. The Balaban J connectivity index is 2.12. The summed E-state index contributed by atoms with van der Waals surface area (Å²) in [6.45, 7) is 6.47. The zero-order valence-electron chi connectivity index (χ0n) is 12.6. The van der Waals surface area contributed by atoms with Gasteiger partial charge in [-0.15, -0.1) is 0 Å². The molecule has 3 unspecified atom stereocenters. The molecule has 1 amide bonds. The fourth-order valence-electron chi connectivity index (χ4n) is 3.01. The van der Waals surface area contributed by atoms with Crippen LogP contribution in [0, 0.1) is 18.8 Å². The molecule has 1 aliphatic carbocycles. The third-order valence-corrected chi connectivity index (χ3v) is 4.60. The molecule has 4 heteroatoms. The number of nitrogens with one attached hydrogen (secondary N) is 2. The Morgan fingerprint density at radius 2 is 2.05 bits per heavy atom. The fourth-order valence-corrected chi connectivity index (χ4v) is 3.01. The van der Waals surface area contributed by atoms with E-state index >= 15 is 0 Å². The molecule has 0 saturated heterocycles. The van der Waals surface area contributed by atoms with Crippen LogP contribution in [0.1, 0.15) is 49.0 Å². The Hall–Kier alpha value is -1.55. The summed E-state index contributed by atoms with van der Waals surface area (Å²) in [6, 6.07) is 5.92. The highest BCUT2D eigenvalue weighted by atomic mass is 16.1. The van der Waals surface area contributed by atoms with Crippen molar-refractivity contribution in [3.05, 3.63) is 29.3 Å². The summed E-state index contributed by atoms with van der Waals surface area (Å²) in [5, 5.41) is 3.18. The first kappa shape index (κ1) is 14.9. The van der Waals surface area contributed by atoms with Gasteiger partial charge in [-0.05, 0) is 42.9 Å². The molecule has 1 aliphatic rings. The molecule has 3 atom stereocenters. The van der Waals surface area contributed by atoms with Crippen LogP contribution in [0.3, 0.4) is 0 Å². The van der Waals surface area contributed by atoms with Gasteiger partial charge in [-0.1, -0.05) is 32.8 Å². The van der Waals surface area contributed by atoms with Gasteiger partial charge < -0.3 is 10.7 Å². The van der Waals surface area contributed by atoms with Crippen molar-refractivity contribution in [2.75, 3.05) is 5.43 Å². The first-order valence-electron chi connectivity index (χ1n) is 7.41. The number of nitrogens with two attached hydrogens (primary N) is 1. The van der Waals surface area contributed by atoms with Crippen LogP contribution >= 0.6 is 0 Å². The molecule has 1 aromatic rings. The van der Waals surface area contributed by atoms with E-state index in [1.165, 1.54) is 12.8 Å². The highest BCUT2D eigenvalue weighted by Crippen LogP contribution is 2.30. The van der Waals surface area contributed by atoms with Crippen molar-refractivity contribution in [2.45, 2.75) is 46.1 Å². The van der Waals surface area contributed by atoms with E-state index < -0.39 is 0 Å². The number of carbonyl (C=O) groups excluding carboxylic acids is 1. The quantitative estimate of drug-likeness (QED) is 0.587. The van der Waals surface area contributed by atoms with E-state index in [1.807, 2.05) is 25.1 Å². The molecular weight excluding hydrogens is 250 g/mol. The Labute approximate surface area is 121 Å². The van der Waals surface area contributed by atoms with Crippen LogP contribution in [0.25, 0.3) is 0 Å². The maximum atomic E-state index is 12.4. The van der Waals surface area contributed by atoms with Crippen LogP contribution in [0.15, 0.2) is 18.2 Å². The average Bonchev–Trinajstić information content (AvgIpc) is 2.43. The van der Waals surface area contributed by atoms with E-state index in [1.54, 1.807) is 0 Å². The molecular formula is C16H25N3O. The zero-order chi connectivity index (χ0) is 14.7. The van der Waals surface area contributed by atoms with Crippen molar-refractivity contribution < 1.29 is 4.79 Å². The van der Waals surface area contributed by atoms with Crippen molar-refractivity contribution >= 4 is 11.6 Å². The molecule has 0 bridgehead atoms. The van der Waals surface area contributed by atoms with Crippen LogP contribution in [0.4, 0.5) is 5.69 Å². The molecule has 0 aromatic heterocycles. The second kappa shape index (κ2) is 6.27. The molecule has 4 N–H and O–H groups in total. The first-order chi connectivity index (χ1) is 9.52. The Kier molecular flexibility index (Phi) is 4.65. The lowest BCUT2D eigenvalue weighted by atomic mass is 9.78. The predicted molar refractivity (Wildman–Crippen MR) is 82.4 cm³/mol. The summed E-state index contributed by atoms with van der Waals surface area (Å²) < 4.78 is 0. The molecule has 4 nitrogen and oxygen atoms in total.